The molecule has 0 radical (unpaired) electrons. The average Bonchev–Trinajstić information content (AvgIpc) is 3.34. The van der Waals surface area contributed by atoms with Crippen molar-refractivity contribution < 1.29 is 14.3 Å². The minimum atomic E-state index is -0.192. The first kappa shape index (κ1) is 20.4. The van der Waals surface area contributed by atoms with E-state index < -0.39 is 0 Å². The molecule has 0 saturated carbocycles. The predicted molar refractivity (Wildman–Crippen MR) is 118 cm³/mol. The van der Waals surface area contributed by atoms with Crippen LogP contribution in [0.1, 0.15) is 18.4 Å². The molecule has 0 N–H and O–H groups in total. The highest BCUT2D eigenvalue weighted by atomic mass is 35.5. The molecular weight excluding hydrogens is 431 g/mol. The van der Waals surface area contributed by atoms with E-state index in [1.54, 1.807) is 23.1 Å². The summed E-state index contributed by atoms with van der Waals surface area (Å²) in [6, 6.07) is 11.0. The van der Waals surface area contributed by atoms with Crippen molar-refractivity contribution in [3.05, 3.63) is 52.0 Å². The molecule has 1 saturated heterocycles. The minimum Gasteiger partial charge on any atom is -0.482 e. The number of aryl methyl sites for hydroxylation is 1. The van der Waals surface area contributed by atoms with Gasteiger partial charge in [-0.2, -0.15) is 0 Å². The number of nitrogens with zero attached hydrogens (tertiary/aromatic N) is 2. The second kappa shape index (κ2) is 8.88. The quantitative estimate of drug-likeness (QED) is 0.497. The number of carbonyl (C=O) groups excluding carboxylic acids is 1. The monoisotopic (exact) mass is 450 g/mol. The third-order valence-corrected chi connectivity index (χ3v) is 6.29. The molecule has 1 aliphatic heterocycles. The van der Waals surface area contributed by atoms with Gasteiger partial charge in [0.05, 0.1) is 27.9 Å². The van der Waals surface area contributed by atoms with Crippen molar-refractivity contribution in [1.82, 2.24) is 4.98 Å². The summed E-state index contributed by atoms with van der Waals surface area (Å²) in [6.07, 6.45) is 1.94. The summed E-state index contributed by atoms with van der Waals surface area (Å²) in [5.41, 5.74) is 2.04. The van der Waals surface area contributed by atoms with Crippen LogP contribution in [-0.2, 0) is 9.53 Å². The van der Waals surface area contributed by atoms with Gasteiger partial charge in [0.1, 0.15) is 5.75 Å². The molecule has 0 spiro atoms. The first-order valence-corrected chi connectivity index (χ1v) is 10.9. The van der Waals surface area contributed by atoms with Crippen molar-refractivity contribution in [3.8, 4) is 5.75 Å². The minimum absolute atomic E-state index is 0.00631. The van der Waals surface area contributed by atoms with Crippen molar-refractivity contribution in [1.29, 1.82) is 0 Å². The van der Waals surface area contributed by atoms with Gasteiger partial charge in [-0.05, 0) is 55.7 Å². The number of halogens is 2. The number of thiazole rings is 1. The molecule has 1 amide bonds. The van der Waals surface area contributed by atoms with E-state index in [0.29, 0.717) is 27.5 Å². The average molecular weight is 451 g/mol. The van der Waals surface area contributed by atoms with E-state index in [1.165, 1.54) is 11.3 Å². The van der Waals surface area contributed by atoms with Crippen molar-refractivity contribution >= 4 is 55.8 Å². The molecule has 1 fully saturated rings. The fourth-order valence-electron chi connectivity index (χ4n) is 3.22. The number of fused-ring (bicyclic) bond motifs is 1. The first-order chi connectivity index (χ1) is 14.0. The molecule has 5 nitrogen and oxygen atoms in total. The molecule has 2 heterocycles. The van der Waals surface area contributed by atoms with Gasteiger partial charge in [0.25, 0.3) is 5.91 Å². The molecular formula is C21H20Cl2N2O3S. The third-order valence-electron chi connectivity index (χ3n) is 4.72. The number of hydrogen-bond donors (Lipinski definition) is 0. The molecule has 1 atom stereocenters. The third kappa shape index (κ3) is 4.83. The number of carbonyl (C=O) groups is 1. The highest BCUT2D eigenvalue weighted by molar-refractivity contribution is 7.22. The molecule has 152 valence electrons. The van der Waals surface area contributed by atoms with Crippen LogP contribution >= 0.6 is 34.5 Å². The summed E-state index contributed by atoms with van der Waals surface area (Å²) >= 11 is 13.6. The van der Waals surface area contributed by atoms with E-state index in [0.717, 1.165) is 35.2 Å². The number of hydrogen-bond acceptors (Lipinski definition) is 5. The SMILES string of the molecule is Cc1ccc2nc(N(CC3CCCO3)C(=O)COc3ccc(Cl)cc3Cl)sc2c1. The Morgan fingerprint density at radius 2 is 2.17 bits per heavy atom. The summed E-state index contributed by atoms with van der Waals surface area (Å²) in [7, 11) is 0. The lowest BCUT2D eigenvalue weighted by Gasteiger charge is -2.23. The Hall–Kier alpha value is -1.86. The van der Waals surface area contributed by atoms with Gasteiger partial charge in [0.2, 0.25) is 0 Å². The van der Waals surface area contributed by atoms with Crippen LogP contribution < -0.4 is 9.64 Å². The zero-order chi connectivity index (χ0) is 20.4. The molecule has 1 aromatic heterocycles. The van der Waals surface area contributed by atoms with E-state index in [2.05, 4.69) is 11.1 Å². The zero-order valence-electron chi connectivity index (χ0n) is 15.9. The number of ether oxygens (including phenoxy) is 2. The van der Waals surface area contributed by atoms with E-state index in [4.69, 9.17) is 32.7 Å². The zero-order valence-corrected chi connectivity index (χ0v) is 18.2. The van der Waals surface area contributed by atoms with Gasteiger partial charge >= 0.3 is 0 Å². The molecule has 29 heavy (non-hydrogen) atoms. The molecule has 3 aromatic rings. The number of rotatable bonds is 6. The van der Waals surface area contributed by atoms with Gasteiger partial charge in [-0.1, -0.05) is 40.6 Å². The molecule has 0 bridgehead atoms. The lowest BCUT2D eigenvalue weighted by Crippen LogP contribution is -2.40. The van der Waals surface area contributed by atoms with E-state index >= 15 is 0 Å². The fourth-order valence-corrected chi connectivity index (χ4v) is 4.78. The van der Waals surface area contributed by atoms with E-state index in [1.807, 2.05) is 19.1 Å². The van der Waals surface area contributed by atoms with Crippen LogP contribution in [0.3, 0.4) is 0 Å². The number of benzene rings is 2. The van der Waals surface area contributed by atoms with Crippen LogP contribution in [0.4, 0.5) is 5.13 Å². The predicted octanol–water partition coefficient (Wildman–Crippen LogP) is 5.50. The number of aromatic nitrogens is 1. The van der Waals surface area contributed by atoms with Crippen molar-refractivity contribution in [2.24, 2.45) is 0 Å². The van der Waals surface area contributed by atoms with Gasteiger partial charge in [-0.3, -0.25) is 9.69 Å². The van der Waals surface area contributed by atoms with Crippen LogP contribution in [0.15, 0.2) is 36.4 Å². The highest BCUT2D eigenvalue weighted by Gasteiger charge is 2.26. The molecule has 8 heteroatoms. The highest BCUT2D eigenvalue weighted by Crippen LogP contribution is 2.31. The normalized spacial score (nSPS) is 16.3. The van der Waals surface area contributed by atoms with Gasteiger partial charge < -0.3 is 9.47 Å². The van der Waals surface area contributed by atoms with Crippen LogP contribution in [0.2, 0.25) is 10.0 Å². The van der Waals surface area contributed by atoms with Crippen molar-refractivity contribution in [3.63, 3.8) is 0 Å². The van der Waals surface area contributed by atoms with Gasteiger partial charge in [0, 0.05) is 11.6 Å². The summed E-state index contributed by atoms with van der Waals surface area (Å²) < 4.78 is 12.5. The lowest BCUT2D eigenvalue weighted by molar-refractivity contribution is -0.120. The smallest absolute Gasteiger partial charge is 0.266 e. The van der Waals surface area contributed by atoms with Crippen LogP contribution in [-0.4, -0.2) is 36.8 Å². The summed E-state index contributed by atoms with van der Waals surface area (Å²) in [4.78, 5) is 19.4. The molecule has 0 aliphatic carbocycles. The van der Waals surface area contributed by atoms with Gasteiger partial charge in [-0.15, -0.1) is 0 Å². The Morgan fingerprint density at radius 3 is 2.93 bits per heavy atom. The van der Waals surface area contributed by atoms with Gasteiger partial charge in [-0.25, -0.2) is 4.98 Å². The lowest BCUT2D eigenvalue weighted by atomic mass is 10.2. The number of amides is 1. The maximum atomic E-state index is 13.1. The summed E-state index contributed by atoms with van der Waals surface area (Å²) in [5, 5.41) is 1.53. The standard InChI is InChI=1S/C21H20Cl2N2O3S/c1-13-4-6-17-19(9-13)29-21(24-17)25(11-15-3-2-8-27-15)20(26)12-28-18-7-5-14(22)10-16(18)23/h4-7,9-10,15H,2-3,8,11-12H2,1H3. The molecule has 2 aromatic carbocycles. The molecule has 4 rings (SSSR count). The summed E-state index contributed by atoms with van der Waals surface area (Å²) in [6.45, 7) is 3.07. The Labute approximate surface area is 183 Å². The Kier molecular flexibility index (Phi) is 6.25. The second-order valence-corrected chi connectivity index (χ2v) is 8.82. The van der Waals surface area contributed by atoms with E-state index in [-0.39, 0.29) is 18.6 Å². The maximum Gasteiger partial charge on any atom is 0.266 e. The van der Waals surface area contributed by atoms with Gasteiger partial charge in [0.15, 0.2) is 11.7 Å². The van der Waals surface area contributed by atoms with Crippen LogP contribution in [0, 0.1) is 6.92 Å². The Balaban J connectivity index is 1.55. The van der Waals surface area contributed by atoms with Crippen molar-refractivity contribution in [2.75, 3.05) is 24.7 Å². The second-order valence-electron chi connectivity index (χ2n) is 6.97. The van der Waals surface area contributed by atoms with Crippen LogP contribution in [0.25, 0.3) is 10.2 Å². The van der Waals surface area contributed by atoms with E-state index in [9.17, 15) is 4.79 Å². The molecule has 1 unspecified atom stereocenters. The summed E-state index contributed by atoms with van der Waals surface area (Å²) in [5.74, 6) is 0.226. The molecule has 1 aliphatic rings. The van der Waals surface area contributed by atoms with Crippen molar-refractivity contribution in [2.45, 2.75) is 25.9 Å². The fraction of sp³-hybridized carbons (Fsp3) is 0.333. The van der Waals surface area contributed by atoms with Crippen LogP contribution in [0.5, 0.6) is 5.75 Å². The Morgan fingerprint density at radius 1 is 1.31 bits per heavy atom. The Bertz CT molecular complexity index is 1030. The largest absolute Gasteiger partial charge is 0.482 e. The number of anilines is 1. The topological polar surface area (TPSA) is 51.7 Å². The maximum absolute atomic E-state index is 13.1. The first-order valence-electron chi connectivity index (χ1n) is 9.36.